The lowest BCUT2D eigenvalue weighted by Gasteiger charge is -2.08. The predicted molar refractivity (Wildman–Crippen MR) is 56.6 cm³/mol. The number of anilines is 1. The summed E-state index contributed by atoms with van der Waals surface area (Å²) in [5, 5.41) is 0. The third-order valence-electron chi connectivity index (χ3n) is 1.92. The third-order valence-corrected chi connectivity index (χ3v) is 1.92. The highest BCUT2D eigenvalue weighted by molar-refractivity contribution is 6.11. The molecule has 74 valence electrons. The number of hydrogen-bond donors (Lipinski definition) is 1. The van der Waals surface area contributed by atoms with Crippen LogP contribution < -0.4 is 10.5 Å². The number of methoxy groups -OCH3 is 1. The van der Waals surface area contributed by atoms with E-state index in [1.54, 1.807) is 25.1 Å². The number of rotatable bonds is 3. The van der Waals surface area contributed by atoms with Crippen LogP contribution in [0.15, 0.2) is 30.4 Å². The zero-order chi connectivity index (χ0) is 10.7. The van der Waals surface area contributed by atoms with E-state index in [2.05, 4.69) is 6.58 Å². The fraction of sp³-hybridized carbons (Fsp3) is 0.182. The fourth-order valence-corrected chi connectivity index (χ4v) is 1.15. The minimum atomic E-state index is -0.151. The van der Waals surface area contributed by atoms with E-state index < -0.39 is 0 Å². The molecule has 0 aliphatic rings. The number of ketones is 1. The lowest BCUT2D eigenvalue weighted by atomic mass is 10.0. The van der Waals surface area contributed by atoms with E-state index in [-0.39, 0.29) is 5.78 Å². The number of Topliss-reactive ketones (excluding diaryl/α,β-unsaturated/α-hetero) is 1. The largest absolute Gasteiger partial charge is 0.495 e. The number of benzene rings is 1. The monoisotopic (exact) mass is 191 g/mol. The average Bonchev–Trinajstić information content (AvgIpc) is 2.17. The summed E-state index contributed by atoms with van der Waals surface area (Å²) >= 11 is 0. The summed E-state index contributed by atoms with van der Waals surface area (Å²) in [6.45, 7) is 5.24. The maximum absolute atomic E-state index is 11.6. The van der Waals surface area contributed by atoms with Gasteiger partial charge in [0, 0.05) is 5.56 Å². The summed E-state index contributed by atoms with van der Waals surface area (Å²) in [5.74, 6) is 0.360. The Morgan fingerprint density at radius 1 is 1.50 bits per heavy atom. The molecule has 2 N–H and O–H groups in total. The van der Waals surface area contributed by atoms with Crippen molar-refractivity contribution < 1.29 is 9.53 Å². The van der Waals surface area contributed by atoms with E-state index in [4.69, 9.17) is 10.5 Å². The average molecular weight is 191 g/mol. The van der Waals surface area contributed by atoms with Gasteiger partial charge in [0.25, 0.3) is 0 Å². The lowest BCUT2D eigenvalue weighted by Crippen LogP contribution is -2.05. The first-order valence-electron chi connectivity index (χ1n) is 4.20. The van der Waals surface area contributed by atoms with E-state index in [0.29, 0.717) is 22.6 Å². The third kappa shape index (κ3) is 1.76. The SMILES string of the molecule is C=C(C)C(=O)c1cccc(OC)c1N. The van der Waals surface area contributed by atoms with Crippen LogP contribution in [0.25, 0.3) is 0 Å². The molecule has 3 heteroatoms. The molecule has 0 bridgehead atoms. The highest BCUT2D eigenvalue weighted by Gasteiger charge is 2.12. The molecular weight excluding hydrogens is 178 g/mol. The summed E-state index contributed by atoms with van der Waals surface area (Å²) in [5.41, 5.74) is 7.01. The van der Waals surface area contributed by atoms with Crippen LogP contribution in [-0.2, 0) is 0 Å². The van der Waals surface area contributed by atoms with E-state index in [1.807, 2.05) is 0 Å². The second-order valence-electron chi connectivity index (χ2n) is 3.03. The van der Waals surface area contributed by atoms with Gasteiger partial charge < -0.3 is 10.5 Å². The molecule has 0 saturated carbocycles. The molecule has 0 radical (unpaired) electrons. The Kier molecular flexibility index (Phi) is 2.92. The van der Waals surface area contributed by atoms with Crippen LogP contribution in [0.4, 0.5) is 5.69 Å². The molecule has 0 aliphatic heterocycles. The van der Waals surface area contributed by atoms with Crippen LogP contribution >= 0.6 is 0 Å². The maximum Gasteiger partial charge on any atom is 0.190 e. The highest BCUT2D eigenvalue weighted by Crippen LogP contribution is 2.26. The van der Waals surface area contributed by atoms with Crippen molar-refractivity contribution in [2.45, 2.75) is 6.92 Å². The number of hydrogen-bond acceptors (Lipinski definition) is 3. The van der Waals surface area contributed by atoms with Gasteiger partial charge >= 0.3 is 0 Å². The van der Waals surface area contributed by atoms with Gasteiger partial charge in [0.15, 0.2) is 5.78 Å². The van der Waals surface area contributed by atoms with Crippen LogP contribution in [0, 0.1) is 0 Å². The quantitative estimate of drug-likeness (QED) is 0.452. The molecule has 0 unspecified atom stereocenters. The fourth-order valence-electron chi connectivity index (χ4n) is 1.15. The molecule has 1 rings (SSSR count). The number of carbonyl (C=O) groups is 1. The minimum Gasteiger partial charge on any atom is -0.495 e. The Morgan fingerprint density at radius 3 is 2.64 bits per heavy atom. The standard InChI is InChI=1S/C11H13NO2/c1-7(2)11(13)8-5-4-6-9(14-3)10(8)12/h4-6H,1,12H2,2-3H3. The molecule has 0 fully saturated rings. The molecule has 1 aromatic rings. The summed E-state index contributed by atoms with van der Waals surface area (Å²) in [6.07, 6.45) is 0. The van der Waals surface area contributed by atoms with Crippen molar-refractivity contribution >= 4 is 11.5 Å². The second kappa shape index (κ2) is 3.96. The first-order chi connectivity index (χ1) is 6.57. The summed E-state index contributed by atoms with van der Waals surface area (Å²) in [4.78, 5) is 11.6. The molecule has 14 heavy (non-hydrogen) atoms. The summed E-state index contributed by atoms with van der Waals surface area (Å²) in [6, 6.07) is 5.10. The van der Waals surface area contributed by atoms with Crippen molar-refractivity contribution in [1.29, 1.82) is 0 Å². The Balaban J connectivity index is 3.22. The number of allylic oxidation sites excluding steroid dienone is 1. The minimum absolute atomic E-state index is 0.151. The van der Waals surface area contributed by atoms with Crippen molar-refractivity contribution in [3.05, 3.63) is 35.9 Å². The second-order valence-corrected chi connectivity index (χ2v) is 3.03. The zero-order valence-corrected chi connectivity index (χ0v) is 8.33. The van der Waals surface area contributed by atoms with Gasteiger partial charge in [-0.05, 0) is 24.6 Å². The first kappa shape index (κ1) is 10.3. The Morgan fingerprint density at radius 2 is 2.14 bits per heavy atom. The maximum atomic E-state index is 11.6. The molecule has 0 aromatic heterocycles. The molecule has 0 saturated heterocycles. The van der Waals surface area contributed by atoms with Gasteiger partial charge in [-0.15, -0.1) is 0 Å². The van der Waals surface area contributed by atoms with Crippen molar-refractivity contribution in [3.63, 3.8) is 0 Å². The van der Waals surface area contributed by atoms with Gasteiger partial charge in [-0.3, -0.25) is 4.79 Å². The Bertz CT molecular complexity index is 383. The highest BCUT2D eigenvalue weighted by atomic mass is 16.5. The molecule has 0 heterocycles. The van der Waals surface area contributed by atoms with Gasteiger partial charge in [0.2, 0.25) is 0 Å². The molecule has 0 aliphatic carbocycles. The van der Waals surface area contributed by atoms with Gasteiger partial charge in [-0.25, -0.2) is 0 Å². The summed E-state index contributed by atoms with van der Waals surface area (Å²) < 4.78 is 5.01. The molecule has 0 spiro atoms. The Labute approximate surface area is 83.2 Å². The van der Waals surface area contributed by atoms with Gasteiger partial charge in [0.05, 0.1) is 12.8 Å². The van der Waals surface area contributed by atoms with Crippen molar-refractivity contribution in [3.8, 4) is 5.75 Å². The number of ether oxygens (including phenoxy) is 1. The van der Waals surface area contributed by atoms with Gasteiger partial charge in [-0.1, -0.05) is 12.6 Å². The topological polar surface area (TPSA) is 52.3 Å². The molecule has 3 nitrogen and oxygen atoms in total. The van der Waals surface area contributed by atoms with E-state index >= 15 is 0 Å². The van der Waals surface area contributed by atoms with E-state index in [1.165, 1.54) is 7.11 Å². The molecule has 0 amide bonds. The summed E-state index contributed by atoms with van der Waals surface area (Å²) in [7, 11) is 1.51. The van der Waals surface area contributed by atoms with Crippen molar-refractivity contribution in [2.75, 3.05) is 12.8 Å². The van der Waals surface area contributed by atoms with Crippen LogP contribution in [0.3, 0.4) is 0 Å². The predicted octanol–water partition coefficient (Wildman–Crippen LogP) is 2.04. The van der Waals surface area contributed by atoms with Crippen LogP contribution in [0.5, 0.6) is 5.75 Å². The van der Waals surface area contributed by atoms with E-state index in [9.17, 15) is 4.79 Å². The van der Waals surface area contributed by atoms with Gasteiger partial charge in [0.1, 0.15) is 5.75 Å². The van der Waals surface area contributed by atoms with Crippen LogP contribution in [0.1, 0.15) is 17.3 Å². The van der Waals surface area contributed by atoms with Crippen molar-refractivity contribution in [2.24, 2.45) is 0 Å². The lowest BCUT2D eigenvalue weighted by molar-refractivity contribution is 0.103. The molecular formula is C11H13NO2. The molecule has 0 atom stereocenters. The van der Waals surface area contributed by atoms with E-state index in [0.717, 1.165) is 0 Å². The first-order valence-corrected chi connectivity index (χ1v) is 4.20. The van der Waals surface area contributed by atoms with Gasteiger partial charge in [-0.2, -0.15) is 0 Å². The van der Waals surface area contributed by atoms with Crippen LogP contribution in [-0.4, -0.2) is 12.9 Å². The number of para-hydroxylation sites is 1. The number of nitrogen functional groups attached to an aromatic ring is 1. The Hall–Kier alpha value is -1.77. The number of carbonyl (C=O) groups excluding carboxylic acids is 1. The zero-order valence-electron chi connectivity index (χ0n) is 8.33. The molecule has 1 aromatic carbocycles. The number of nitrogens with two attached hydrogens (primary N) is 1. The van der Waals surface area contributed by atoms with Crippen LogP contribution in [0.2, 0.25) is 0 Å². The normalized spacial score (nSPS) is 9.57. The smallest absolute Gasteiger partial charge is 0.190 e. The van der Waals surface area contributed by atoms with Crippen molar-refractivity contribution in [1.82, 2.24) is 0 Å².